The van der Waals surface area contributed by atoms with Crippen molar-refractivity contribution >= 4 is 11.8 Å². The van der Waals surface area contributed by atoms with E-state index in [1.165, 1.54) is 0 Å². The number of Topliss-reactive ketones (excluding diaryl/α,β-unsaturated/α-hetero) is 1. The van der Waals surface area contributed by atoms with Gasteiger partial charge in [-0.2, -0.15) is 0 Å². The summed E-state index contributed by atoms with van der Waals surface area (Å²) < 4.78 is 0. The number of hydrogen-bond donors (Lipinski definition) is 3. The van der Waals surface area contributed by atoms with Gasteiger partial charge in [-0.25, -0.2) is 0 Å². The van der Waals surface area contributed by atoms with Crippen LogP contribution in [0.1, 0.15) is 84.5 Å². The maximum atomic E-state index is 12.3. The van der Waals surface area contributed by atoms with Crippen molar-refractivity contribution in [3.8, 4) is 0 Å². The molecule has 156 valence electrons. The summed E-state index contributed by atoms with van der Waals surface area (Å²) in [6.45, 7) is 4.23. The van der Waals surface area contributed by atoms with Crippen LogP contribution in [0.5, 0.6) is 0 Å². The molecule has 0 spiro atoms. The maximum absolute atomic E-state index is 12.3. The van der Waals surface area contributed by atoms with Gasteiger partial charge < -0.3 is 15.3 Å². The fourth-order valence-electron chi connectivity index (χ4n) is 4.79. The van der Waals surface area contributed by atoms with Gasteiger partial charge >= 0.3 is 5.97 Å². The molecule has 0 aromatic rings. The Kier molecular flexibility index (Phi) is 8.74. The van der Waals surface area contributed by atoms with Gasteiger partial charge in [-0.15, -0.1) is 0 Å². The predicted octanol–water partition coefficient (Wildman–Crippen LogP) is 3.80. The highest BCUT2D eigenvalue weighted by Crippen LogP contribution is 2.43. The number of carboxylic acids is 1. The Morgan fingerprint density at radius 1 is 1.15 bits per heavy atom. The molecule has 5 heteroatoms. The topological polar surface area (TPSA) is 94.8 Å². The van der Waals surface area contributed by atoms with Crippen molar-refractivity contribution in [3.05, 3.63) is 0 Å². The highest BCUT2D eigenvalue weighted by Gasteiger charge is 2.43. The number of carbonyl (C=O) groups excluding carboxylic acids is 1. The first-order valence-electron chi connectivity index (χ1n) is 11.0. The van der Waals surface area contributed by atoms with E-state index < -0.39 is 12.1 Å². The van der Waals surface area contributed by atoms with Gasteiger partial charge in [0.1, 0.15) is 5.78 Å². The molecule has 0 saturated heterocycles. The van der Waals surface area contributed by atoms with Crippen molar-refractivity contribution < 1.29 is 24.9 Å². The van der Waals surface area contributed by atoms with Gasteiger partial charge in [0.15, 0.2) is 0 Å². The number of aliphatic hydroxyl groups excluding tert-OH is 2. The Balaban J connectivity index is 1.71. The van der Waals surface area contributed by atoms with Gasteiger partial charge in [-0.05, 0) is 56.3 Å². The Bertz CT molecular complexity index is 491. The molecule has 27 heavy (non-hydrogen) atoms. The molecule has 3 N–H and O–H groups in total. The number of carboxylic acid groups (broad SMARTS) is 1. The summed E-state index contributed by atoms with van der Waals surface area (Å²) in [5, 5.41) is 29.6. The molecule has 2 saturated carbocycles. The summed E-state index contributed by atoms with van der Waals surface area (Å²) >= 11 is 0. The molecule has 0 amide bonds. The van der Waals surface area contributed by atoms with E-state index in [9.17, 15) is 19.8 Å². The number of aliphatic hydroxyl groups is 2. The Morgan fingerprint density at radius 3 is 2.48 bits per heavy atom. The van der Waals surface area contributed by atoms with Crippen LogP contribution in [0, 0.1) is 29.6 Å². The average Bonchev–Trinajstić information content (AvgIpc) is 3.35. The second kappa shape index (κ2) is 10.6. The zero-order valence-electron chi connectivity index (χ0n) is 17.0. The van der Waals surface area contributed by atoms with E-state index >= 15 is 0 Å². The second-order valence-corrected chi connectivity index (χ2v) is 9.00. The first-order chi connectivity index (χ1) is 12.8. The van der Waals surface area contributed by atoms with Gasteiger partial charge in [0.25, 0.3) is 0 Å². The zero-order chi connectivity index (χ0) is 20.0. The van der Waals surface area contributed by atoms with E-state index in [0.717, 1.165) is 51.4 Å². The van der Waals surface area contributed by atoms with Crippen LogP contribution < -0.4 is 0 Å². The van der Waals surface area contributed by atoms with Crippen molar-refractivity contribution in [2.75, 3.05) is 0 Å². The molecule has 7 atom stereocenters. The van der Waals surface area contributed by atoms with E-state index in [1.807, 2.05) is 0 Å². The van der Waals surface area contributed by atoms with E-state index in [4.69, 9.17) is 5.11 Å². The largest absolute Gasteiger partial charge is 0.481 e. The number of unbranched alkanes of at least 4 members (excludes halogenated alkanes) is 2. The number of ketones is 1. The molecule has 5 nitrogen and oxygen atoms in total. The first-order valence-corrected chi connectivity index (χ1v) is 11.0. The molecule has 2 aliphatic carbocycles. The van der Waals surface area contributed by atoms with Gasteiger partial charge in [-0.1, -0.05) is 39.5 Å². The molecule has 0 unspecified atom stereocenters. The number of carbonyl (C=O) groups is 2. The lowest BCUT2D eigenvalue weighted by molar-refractivity contribution is -0.138. The standard InChI is InChI=1S/C22H38O5/c1-3-4-7-14(2)19(23)11-10-17-16(20(24)13-21(17)25)9-6-5-8-15-12-18(15)22(26)27/h14-19,21,23,25H,3-13H2,1-2H3,(H,26,27)/t14-,15-,16-,17-,18-,19-,21-/m1/s1. The van der Waals surface area contributed by atoms with Gasteiger partial charge in [0.2, 0.25) is 0 Å². The molecular formula is C22H38O5. The van der Waals surface area contributed by atoms with E-state index in [-0.39, 0.29) is 42.0 Å². The number of hydrogen-bond acceptors (Lipinski definition) is 4. The molecule has 2 rings (SSSR count). The maximum Gasteiger partial charge on any atom is 0.306 e. The summed E-state index contributed by atoms with van der Waals surface area (Å²) in [6, 6.07) is 0. The normalized spacial score (nSPS) is 32.4. The molecule has 0 aromatic heterocycles. The van der Waals surface area contributed by atoms with Crippen LogP contribution in [0.15, 0.2) is 0 Å². The van der Waals surface area contributed by atoms with Crippen LogP contribution in [0.3, 0.4) is 0 Å². The molecule has 2 aliphatic rings. The number of rotatable bonds is 13. The highest BCUT2D eigenvalue weighted by molar-refractivity contribution is 5.84. The van der Waals surface area contributed by atoms with E-state index in [2.05, 4.69) is 13.8 Å². The van der Waals surface area contributed by atoms with Crippen LogP contribution in [0.25, 0.3) is 0 Å². The minimum Gasteiger partial charge on any atom is -0.481 e. The van der Waals surface area contributed by atoms with Gasteiger partial charge in [-0.3, -0.25) is 9.59 Å². The third-order valence-electron chi connectivity index (χ3n) is 6.88. The SMILES string of the molecule is CCCC[C@@H](C)[C@H](O)CC[C@H]1[C@H](O)CC(=O)[C@@H]1CCCC[C@@H]1C[C@H]1C(=O)O. The quantitative estimate of drug-likeness (QED) is 0.421. The molecular weight excluding hydrogens is 344 g/mol. The molecule has 0 heterocycles. The third-order valence-corrected chi connectivity index (χ3v) is 6.88. The van der Waals surface area contributed by atoms with E-state index in [1.54, 1.807) is 0 Å². The number of aliphatic carboxylic acids is 1. The minimum absolute atomic E-state index is 0.0294. The molecule has 0 aromatic carbocycles. The first kappa shape index (κ1) is 22.4. The average molecular weight is 383 g/mol. The fourth-order valence-corrected chi connectivity index (χ4v) is 4.79. The van der Waals surface area contributed by atoms with Crippen molar-refractivity contribution in [1.82, 2.24) is 0 Å². The monoisotopic (exact) mass is 382 g/mol. The summed E-state index contributed by atoms with van der Waals surface area (Å²) in [6.07, 6.45) is 8.33. The van der Waals surface area contributed by atoms with Crippen molar-refractivity contribution in [1.29, 1.82) is 0 Å². The third kappa shape index (κ3) is 6.56. The van der Waals surface area contributed by atoms with Crippen LogP contribution in [-0.2, 0) is 9.59 Å². The summed E-state index contributed by atoms with van der Waals surface area (Å²) in [5.74, 6) is -0.201. The van der Waals surface area contributed by atoms with Crippen molar-refractivity contribution in [3.63, 3.8) is 0 Å². The Labute approximate surface area is 163 Å². The van der Waals surface area contributed by atoms with Gasteiger partial charge in [0, 0.05) is 12.3 Å². The lowest BCUT2D eigenvalue weighted by Crippen LogP contribution is -2.25. The predicted molar refractivity (Wildman–Crippen MR) is 104 cm³/mol. The molecule has 0 aliphatic heterocycles. The fraction of sp³-hybridized carbons (Fsp3) is 0.909. The summed E-state index contributed by atoms with van der Waals surface area (Å²) in [5.41, 5.74) is 0. The zero-order valence-corrected chi connectivity index (χ0v) is 17.0. The second-order valence-electron chi connectivity index (χ2n) is 9.00. The van der Waals surface area contributed by atoms with Crippen molar-refractivity contribution in [2.24, 2.45) is 29.6 Å². The Morgan fingerprint density at radius 2 is 1.85 bits per heavy atom. The Hall–Kier alpha value is -0.940. The minimum atomic E-state index is -0.680. The lowest BCUT2D eigenvalue weighted by Gasteiger charge is -2.24. The van der Waals surface area contributed by atoms with Crippen LogP contribution >= 0.6 is 0 Å². The summed E-state index contributed by atoms with van der Waals surface area (Å²) in [4.78, 5) is 23.2. The van der Waals surface area contributed by atoms with Crippen LogP contribution in [0.4, 0.5) is 0 Å². The van der Waals surface area contributed by atoms with E-state index in [0.29, 0.717) is 18.8 Å². The molecule has 0 radical (unpaired) electrons. The van der Waals surface area contributed by atoms with Crippen LogP contribution in [0.2, 0.25) is 0 Å². The van der Waals surface area contributed by atoms with Crippen molar-refractivity contribution in [2.45, 2.75) is 96.7 Å². The summed E-state index contributed by atoms with van der Waals surface area (Å²) in [7, 11) is 0. The molecule has 2 fully saturated rings. The highest BCUT2D eigenvalue weighted by atomic mass is 16.4. The smallest absolute Gasteiger partial charge is 0.306 e. The lowest BCUT2D eigenvalue weighted by atomic mass is 9.83. The van der Waals surface area contributed by atoms with Crippen LogP contribution in [-0.4, -0.2) is 39.3 Å². The molecule has 0 bridgehead atoms. The van der Waals surface area contributed by atoms with Gasteiger partial charge in [0.05, 0.1) is 18.1 Å².